The Labute approximate surface area is 173 Å². The molecular formula is C23H20N4OS. The van der Waals surface area contributed by atoms with Crippen LogP contribution in [0.2, 0.25) is 0 Å². The average Bonchev–Trinajstić information content (AvgIpc) is 3.17. The van der Waals surface area contributed by atoms with E-state index in [0.29, 0.717) is 28.0 Å². The third-order valence-corrected chi connectivity index (χ3v) is 5.48. The van der Waals surface area contributed by atoms with Crippen LogP contribution in [0.4, 0.5) is 0 Å². The third kappa shape index (κ3) is 3.70. The number of hydrogen-bond acceptors (Lipinski definition) is 5. The molecule has 0 saturated carbocycles. The maximum absolute atomic E-state index is 13.6. The minimum Gasteiger partial charge on any atom is -0.311 e. The molecule has 0 aliphatic heterocycles. The molecule has 1 N–H and O–H groups in total. The van der Waals surface area contributed by atoms with E-state index in [-0.39, 0.29) is 11.6 Å². The summed E-state index contributed by atoms with van der Waals surface area (Å²) in [5.74, 6) is 6.86. The molecule has 5 nitrogen and oxygen atoms in total. The molecule has 0 fully saturated rings. The van der Waals surface area contributed by atoms with Crippen LogP contribution in [0.15, 0.2) is 58.7 Å². The van der Waals surface area contributed by atoms with E-state index in [1.54, 1.807) is 15.9 Å². The summed E-state index contributed by atoms with van der Waals surface area (Å²) in [5.41, 5.74) is 2.65. The Balaban J connectivity index is 2.00. The second kappa shape index (κ2) is 8.00. The van der Waals surface area contributed by atoms with Gasteiger partial charge in [-0.2, -0.15) is 0 Å². The molecule has 4 rings (SSSR count). The highest BCUT2D eigenvalue weighted by Crippen LogP contribution is 2.20. The molecule has 0 amide bonds. The molecule has 0 bridgehead atoms. The van der Waals surface area contributed by atoms with Gasteiger partial charge in [0.25, 0.3) is 5.56 Å². The normalized spacial score (nSPS) is 11.8. The van der Waals surface area contributed by atoms with E-state index < -0.39 is 0 Å². The van der Waals surface area contributed by atoms with Crippen LogP contribution in [-0.4, -0.2) is 21.6 Å². The minimum absolute atomic E-state index is 0.0972. The van der Waals surface area contributed by atoms with Crippen LogP contribution in [0.5, 0.6) is 0 Å². The van der Waals surface area contributed by atoms with Crippen LogP contribution in [0, 0.1) is 18.8 Å². The van der Waals surface area contributed by atoms with E-state index >= 15 is 0 Å². The maximum Gasteiger partial charge on any atom is 0.267 e. The van der Waals surface area contributed by atoms with Gasteiger partial charge in [0.15, 0.2) is 0 Å². The van der Waals surface area contributed by atoms with Crippen molar-refractivity contribution in [2.24, 2.45) is 0 Å². The van der Waals surface area contributed by atoms with E-state index in [0.717, 1.165) is 10.7 Å². The first-order valence-corrected chi connectivity index (χ1v) is 10.2. The molecule has 2 heterocycles. The number of thiazole rings is 1. The molecule has 4 aromatic rings. The Kier molecular flexibility index (Phi) is 5.26. The molecule has 2 aromatic carbocycles. The molecule has 29 heavy (non-hydrogen) atoms. The van der Waals surface area contributed by atoms with E-state index in [1.165, 1.54) is 0 Å². The van der Waals surface area contributed by atoms with Crippen LogP contribution in [0.3, 0.4) is 0 Å². The van der Waals surface area contributed by atoms with Gasteiger partial charge in [-0.05, 0) is 51.1 Å². The summed E-state index contributed by atoms with van der Waals surface area (Å²) in [6.45, 7) is 3.93. The molecule has 0 aliphatic carbocycles. The number of benzene rings is 2. The van der Waals surface area contributed by atoms with Crippen molar-refractivity contribution in [1.82, 2.24) is 19.9 Å². The van der Waals surface area contributed by atoms with E-state index in [9.17, 15) is 4.79 Å². The topological polar surface area (TPSA) is 59.8 Å². The number of aromatic nitrogens is 3. The fraction of sp³-hybridized carbons (Fsp3) is 0.174. The van der Waals surface area contributed by atoms with Crippen molar-refractivity contribution in [3.63, 3.8) is 0 Å². The smallest absolute Gasteiger partial charge is 0.267 e. The number of fused-ring (bicyclic) bond motifs is 1. The predicted octanol–water partition coefficient (Wildman–Crippen LogP) is 3.83. The van der Waals surface area contributed by atoms with E-state index in [2.05, 4.69) is 22.1 Å². The summed E-state index contributed by atoms with van der Waals surface area (Å²) in [4.78, 5) is 22.8. The molecule has 0 aliphatic rings. The first-order chi connectivity index (χ1) is 14.1. The lowest BCUT2D eigenvalue weighted by molar-refractivity contribution is 0.589. The van der Waals surface area contributed by atoms with Crippen molar-refractivity contribution in [3.8, 4) is 17.5 Å². The highest BCUT2D eigenvalue weighted by Gasteiger charge is 2.18. The van der Waals surface area contributed by atoms with Crippen LogP contribution in [0.25, 0.3) is 16.6 Å². The molecule has 0 saturated heterocycles. The summed E-state index contributed by atoms with van der Waals surface area (Å²) < 4.78 is 1.67. The van der Waals surface area contributed by atoms with Gasteiger partial charge in [-0.15, -0.1) is 11.3 Å². The predicted molar refractivity (Wildman–Crippen MR) is 118 cm³/mol. The number of hydrogen-bond donors (Lipinski definition) is 1. The SMILES string of the molecule is CNC(C)c1nc2cccc(C#Cc3csc(C)n3)c2c(=O)n1-c1ccccc1. The number of rotatable bonds is 3. The standard InChI is InChI=1S/C23H20N4OS/c1-15(24-3)22-26-20-11-7-8-17(12-13-18-14-29-16(2)25-18)21(20)23(28)27(22)19-9-5-4-6-10-19/h4-11,14-15,24H,1-3H3. The fourth-order valence-corrected chi connectivity index (χ4v) is 3.69. The van der Waals surface area contributed by atoms with E-state index in [4.69, 9.17) is 4.98 Å². The van der Waals surface area contributed by atoms with Crippen LogP contribution in [0.1, 0.15) is 35.1 Å². The van der Waals surface area contributed by atoms with Crippen molar-refractivity contribution in [2.75, 3.05) is 7.05 Å². The minimum atomic E-state index is -0.127. The number of aryl methyl sites for hydroxylation is 1. The Morgan fingerprint density at radius 1 is 1.07 bits per heavy atom. The highest BCUT2D eigenvalue weighted by atomic mass is 32.1. The lowest BCUT2D eigenvalue weighted by Gasteiger charge is -2.18. The van der Waals surface area contributed by atoms with Crippen LogP contribution >= 0.6 is 11.3 Å². The number of nitrogens with zero attached hydrogens (tertiary/aromatic N) is 3. The van der Waals surface area contributed by atoms with Gasteiger partial charge in [0.1, 0.15) is 11.5 Å². The van der Waals surface area contributed by atoms with Crippen molar-refractivity contribution < 1.29 is 0 Å². The summed E-state index contributed by atoms with van der Waals surface area (Å²) in [5, 5.41) is 6.59. The fourth-order valence-electron chi connectivity index (χ4n) is 3.15. The molecule has 0 radical (unpaired) electrons. The molecule has 1 unspecified atom stereocenters. The van der Waals surface area contributed by atoms with Crippen molar-refractivity contribution >= 4 is 22.2 Å². The zero-order valence-corrected chi connectivity index (χ0v) is 17.2. The molecule has 2 aromatic heterocycles. The second-order valence-electron chi connectivity index (χ2n) is 6.66. The molecule has 0 spiro atoms. The monoisotopic (exact) mass is 400 g/mol. The van der Waals surface area contributed by atoms with Crippen molar-refractivity contribution in [2.45, 2.75) is 19.9 Å². The lowest BCUT2D eigenvalue weighted by Crippen LogP contribution is -2.29. The number of para-hydroxylation sites is 1. The van der Waals surface area contributed by atoms with Gasteiger partial charge in [0.2, 0.25) is 0 Å². The molecular weight excluding hydrogens is 380 g/mol. The summed E-state index contributed by atoms with van der Waals surface area (Å²) in [7, 11) is 1.86. The molecule has 144 valence electrons. The summed E-state index contributed by atoms with van der Waals surface area (Å²) in [6, 6.07) is 15.1. The van der Waals surface area contributed by atoms with Gasteiger partial charge < -0.3 is 5.32 Å². The van der Waals surface area contributed by atoms with Gasteiger partial charge in [-0.25, -0.2) is 9.97 Å². The van der Waals surface area contributed by atoms with E-state index in [1.807, 2.05) is 74.8 Å². The Morgan fingerprint density at radius 3 is 2.55 bits per heavy atom. The lowest BCUT2D eigenvalue weighted by atomic mass is 10.1. The van der Waals surface area contributed by atoms with Gasteiger partial charge >= 0.3 is 0 Å². The van der Waals surface area contributed by atoms with Crippen LogP contribution < -0.4 is 10.9 Å². The zero-order chi connectivity index (χ0) is 20.4. The van der Waals surface area contributed by atoms with Crippen molar-refractivity contribution in [3.05, 3.63) is 86.4 Å². The second-order valence-corrected chi connectivity index (χ2v) is 7.72. The van der Waals surface area contributed by atoms with Crippen LogP contribution in [-0.2, 0) is 0 Å². The molecule has 1 atom stereocenters. The first-order valence-electron chi connectivity index (χ1n) is 9.31. The number of nitrogens with one attached hydrogen (secondary N) is 1. The zero-order valence-electron chi connectivity index (χ0n) is 16.4. The van der Waals surface area contributed by atoms with Gasteiger partial charge in [-0.3, -0.25) is 9.36 Å². The summed E-state index contributed by atoms with van der Waals surface area (Å²) >= 11 is 1.55. The third-order valence-electron chi connectivity index (χ3n) is 4.70. The van der Waals surface area contributed by atoms with Crippen molar-refractivity contribution in [1.29, 1.82) is 0 Å². The van der Waals surface area contributed by atoms with Gasteiger partial charge in [-0.1, -0.05) is 30.2 Å². The first kappa shape index (κ1) is 19.1. The van der Waals surface area contributed by atoms with Gasteiger partial charge in [0, 0.05) is 10.9 Å². The van der Waals surface area contributed by atoms with Gasteiger partial charge in [0.05, 0.1) is 27.6 Å². The Morgan fingerprint density at radius 2 is 1.86 bits per heavy atom. The maximum atomic E-state index is 13.6. The quantitative estimate of drug-likeness (QED) is 0.531. The summed E-state index contributed by atoms with van der Waals surface area (Å²) in [6.07, 6.45) is 0. The average molecular weight is 401 g/mol. The largest absolute Gasteiger partial charge is 0.311 e. The Hall–Kier alpha value is -3.27. The molecule has 6 heteroatoms. The Bertz CT molecular complexity index is 1300. The highest BCUT2D eigenvalue weighted by molar-refractivity contribution is 7.09.